The third-order valence-electron chi connectivity index (χ3n) is 3.72. The molecule has 4 rings (SSSR count). The summed E-state index contributed by atoms with van der Waals surface area (Å²) in [4.78, 5) is 7.05. The summed E-state index contributed by atoms with van der Waals surface area (Å²) in [6, 6.07) is 8.39. The summed E-state index contributed by atoms with van der Waals surface area (Å²) in [7, 11) is 0. The van der Waals surface area contributed by atoms with Crippen LogP contribution in [0.25, 0.3) is 0 Å². The largest absolute Gasteiger partial charge is 0.344 e. The van der Waals surface area contributed by atoms with E-state index in [4.69, 9.17) is 4.99 Å². The van der Waals surface area contributed by atoms with Gasteiger partial charge in [-0.25, -0.2) is 0 Å². The lowest BCUT2D eigenvalue weighted by molar-refractivity contribution is 0.520. The van der Waals surface area contributed by atoms with Gasteiger partial charge in [-0.2, -0.15) is 0 Å². The number of nitrogens with zero attached hydrogens (tertiary/aromatic N) is 2. The molecule has 0 aromatic heterocycles. The van der Waals surface area contributed by atoms with Crippen LogP contribution in [0.2, 0.25) is 0 Å². The number of hydrogen-bond acceptors (Lipinski definition) is 2. The highest BCUT2D eigenvalue weighted by Gasteiger charge is 2.22. The first-order chi connectivity index (χ1) is 9.42. The molecule has 0 aliphatic carbocycles. The van der Waals surface area contributed by atoms with Gasteiger partial charge < -0.3 is 4.90 Å². The van der Waals surface area contributed by atoms with E-state index in [1.165, 1.54) is 22.5 Å². The fourth-order valence-corrected chi connectivity index (χ4v) is 2.78. The van der Waals surface area contributed by atoms with Crippen molar-refractivity contribution in [1.29, 1.82) is 0 Å². The average molecular weight is 246 g/mol. The van der Waals surface area contributed by atoms with Gasteiger partial charge in [-0.05, 0) is 23.8 Å². The standard InChI is InChI=1S/C17H14N2/c1-2-8-15-13(6-1)12-16(18-15)14-7-5-11-19-10-4-3-9-17(14)19/h1-10H,11-12H2. The Kier molecular flexibility index (Phi) is 2.27. The Morgan fingerprint density at radius 1 is 1.05 bits per heavy atom. The number of allylic oxidation sites excluding steroid dienone is 5. The lowest BCUT2D eigenvalue weighted by Gasteiger charge is -2.27. The Hall–Kier alpha value is -2.35. The van der Waals surface area contributed by atoms with Crippen LogP contribution < -0.4 is 0 Å². The lowest BCUT2D eigenvalue weighted by atomic mass is 9.98. The highest BCUT2D eigenvalue weighted by Crippen LogP contribution is 2.32. The van der Waals surface area contributed by atoms with E-state index in [9.17, 15) is 0 Å². The zero-order valence-corrected chi connectivity index (χ0v) is 10.6. The molecule has 0 atom stereocenters. The second-order valence-electron chi connectivity index (χ2n) is 4.92. The predicted octanol–water partition coefficient (Wildman–Crippen LogP) is 3.52. The Balaban J connectivity index is 1.78. The Labute approximate surface area is 112 Å². The first kappa shape index (κ1) is 10.6. The number of para-hydroxylation sites is 1. The van der Waals surface area contributed by atoms with Crippen LogP contribution in [0.15, 0.2) is 77.1 Å². The molecule has 1 aromatic carbocycles. The van der Waals surface area contributed by atoms with Crippen molar-refractivity contribution in [2.75, 3.05) is 6.54 Å². The topological polar surface area (TPSA) is 15.6 Å². The number of benzene rings is 1. The molecule has 0 saturated carbocycles. The summed E-state index contributed by atoms with van der Waals surface area (Å²) in [5.74, 6) is 0. The predicted molar refractivity (Wildman–Crippen MR) is 78.4 cm³/mol. The van der Waals surface area contributed by atoms with Gasteiger partial charge in [-0.3, -0.25) is 4.99 Å². The van der Waals surface area contributed by atoms with Gasteiger partial charge in [-0.15, -0.1) is 0 Å². The maximum atomic E-state index is 4.79. The van der Waals surface area contributed by atoms with Crippen molar-refractivity contribution in [3.8, 4) is 0 Å². The number of hydrogen-bond donors (Lipinski definition) is 0. The molecule has 3 heterocycles. The van der Waals surface area contributed by atoms with Crippen LogP contribution in [0.1, 0.15) is 5.56 Å². The van der Waals surface area contributed by atoms with Crippen molar-refractivity contribution in [2.24, 2.45) is 4.99 Å². The molecule has 0 bridgehead atoms. The maximum Gasteiger partial charge on any atom is 0.0669 e. The van der Waals surface area contributed by atoms with Crippen molar-refractivity contribution in [1.82, 2.24) is 4.90 Å². The molecule has 0 fully saturated rings. The highest BCUT2D eigenvalue weighted by molar-refractivity contribution is 6.09. The molecule has 19 heavy (non-hydrogen) atoms. The van der Waals surface area contributed by atoms with Crippen LogP contribution in [0.4, 0.5) is 5.69 Å². The molecule has 0 radical (unpaired) electrons. The minimum Gasteiger partial charge on any atom is -0.344 e. The van der Waals surface area contributed by atoms with E-state index in [0.29, 0.717) is 0 Å². The van der Waals surface area contributed by atoms with Crippen LogP contribution in [0, 0.1) is 0 Å². The molecule has 3 aliphatic rings. The number of aliphatic imine (C=N–C) groups is 1. The zero-order valence-electron chi connectivity index (χ0n) is 10.6. The van der Waals surface area contributed by atoms with Crippen molar-refractivity contribution in [2.45, 2.75) is 6.42 Å². The zero-order chi connectivity index (χ0) is 12.7. The molecule has 0 spiro atoms. The van der Waals surface area contributed by atoms with E-state index in [0.717, 1.165) is 18.7 Å². The summed E-state index contributed by atoms with van der Waals surface area (Å²) in [6.45, 7) is 0.944. The van der Waals surface area contributed by atoms with Crippen LogP contribution in [-0.4, -0.2) is 17.2 Å². The maximum absolute atomic E-state index is 4.79. The summed E-state index contributed by atoms with van der Waals surface area (Å²) in [5, 5.41) is 0. The molecule has 1 aromatic rings. The van der Waals surface area contributed by atoms with Gasteiger partial charge in [0.15, 0.2) is 0 Å². The number of rotatable bonds is 1. The second-order valence-corrected chi connectivity index (χ2v) is 4.92. The normalized spacial score (nSPS) is 19.6. The van der Waals surface area contributed by atoms with Crippen LogP contribution >= 0.6 is 0 Å². The molecular weight excluding hydrogens is 232 g/mol. The Morgan fingerprint density at radius 2 is 2.00 bits per heavy atom. The van der Waals surface area contributed by atoms with Gasteiger partial charge in [0, 0.05) is 24.7 Å². The quantitative estimate of drug-likeness (QED) is 0.740. The lowest BCUT2D eigenvalue weighted by Crippen LogP contribution is -2.23. The van der Waals surface area contributed by atoms with Crippen molar-refractivity contribution >= 4 is 11.4 Å². The monoisotopic (exact) mass is 246 g/mol. The molecule has 0 unspecified atom stereocenters. The molecule has 3 aliphatic heterocycles. The third-order valence-corrected chi connectivity index (χ3v) is 3.72. The molecule has 0 amide bonds. The Morgan fingerprint density at radius 3 is 2.95 bits per heavy atom. The van der Waals surface area contributed by atoms with E-state index in [2.05, 4.69) is 65.7 Å². The fraction of sp³-hybridized carbons (Fsp3) is 0.118. The number of fused-ring (bicyclic) bond motifs is 2. The molecular formula is C17H14N2. The first-order valence-electron chi connectivity index (χ1n) is 6.60. The van der Waals surface area contributed by atoms with Gasteiger partial charge in [-0.1, -0.05) is 36.4 Å². The van der Waals surface area contributed by atoms with Gasteiger partial charge in [0.2, 0.25) is 0 Å². The summed E-state index contributed by atoms with van der Waals surface area (Å²) in [5.41, 5.74) is 6.13. The van der Waals surface area contributed by atoms with E-state index in [-0.39, 0.29) is 0 Å². The van der Waals surface area contributed by atoms with E-state index >= 15 is 0 Å². The summed E-state index contributed by atoms with van der Waals surface area (Å²) >= 11 is 0. The summed E-state index contributed by atoms with van der Waals surface area (Å²) in [6.07, 6.45) is 13.8. The molecule has 92 valence electrons. The van der Waals surface area contributed by atoms with Crippen molar-refractivity contribution in [3.05, 3.63) is 77.7 Å². The van der Waals surface area contributed by atoms with Gasteiger partial charge in [0.25, 0.3) is 0 Å². The second kappa shape index (κ2) is 4.09. The van der Waals surface area contributed by atoms with Gasteiger partial charge in [0.05, 0.1) is 17.1 Å². The van der Waals surface area contributed by atoms with E-state index < -0.39 is 0 Å². The molecule has 2 heteroatoms. The molecule has 2 nitrogen and oxygen atoms in total. The smallest absolute Gasteiger partial charge is 0.0669 e. The Bertz CT molecular complexity index is 687. The average Bonchev–Trinajstić information content (AvgIpc) is 2.90. The first-order valence-corrected chi connectivity index (χ1v) is 6.60. The molecule has 0 saturated heterocycles. The van der Waals surface area contributed by atoms with Crippen LogP contribution in [0.3, 0.4) is 0 Å². The van der Waals surface area contributed by atoms with Gasteiger partial charge >= 0.3 is 0 Å². The highest BCUT2D eigenvalue weighted by atomic mass is 15.1. The summed E-state index contributed by atoms with van der Waals surface area (Å²) < 4.78 is 0. The molecule has 0 N–H and O–H groups in total. The van der Waals surface area contributed by atoms with Crippen molar-refractivity contribution in [3.63, 3.8) is 0 Å². The minimum absolute atomic E-state index is 0.935. The van der Waals surface area contributed by atoms with Gasteiger partial charge in [0.1, 0.15) is 0 Å². The van der Waals surface area contributed by atoms with Crippen molar-refractivity contribution < 1.29 is 0 Å². The van der Waals surface area contributed by atoms with Crippen LogP contribution in [0.5, 0.6) is 0 Å². The van der Waals surface area contributed by atoms with Crippen LogP contribution in [-0.2, 0) is 6.42 Å². The SMILES string of the molecule is C1=CC2=C(C3=Nc4ccccc4C3)C=CCN2C=C1. The van der Waals surface area contributed by atoms with E-state index in [1.54, 1.807) is 0 Å². The minimum atomic E-state index is 0.935. The fourth-order valence-electron chi connectivity index (χ4n) is 2.78. The third kappa shape index (κ3) is 1.68. The van der Waals surface area contributed by atoms with E-state index in [1.807, 2.05) is 0 Å².